The number of methoxy groups -OCH3 is 1. The number of nitrogens with zero attached hydrogens (tertiary/aromatic N) is 2. The zero-order valence-electron chi connectivity index (χ0n) is 18.8. The van der Waals surface area contributed by atoms with Crippen LogP contribution in [0, 0.1) is 0 Å². The summed E-state index contributed by atoms with van der Waals surface area (Å²) in [7, 11) is 1.73. The van der Waals surface area contributed by atoms with Crippen molar-refractivity contribution < 1.29 is 9.47 Å². The fourth-order valence-corrected chi connectivity index (χ4v) is 3.63. The molecule has 0 radical (unpaired) electrons. The van der Waals surface area contributed by atoms with Gasteiger partial charge < -0.3 is 25.0 Å². The second-order valence-electron chi connectivity index (χ2n) is 7.40. The van der Waals surface area contributed by atoms with E-state index in [0.29, 0.717) is 19.2 Å². The molecule has 7 heteroatoms. The molecular formula is C24H35IN4O2. The Balaban J connectivity index is 0.00000341. The fourth-order valence-electron chi connectivity index (χ4n) is 3.63. The highest BCUT2D eigenvalue weighted by molar-refractivity contribution is 14.0. The minimum absolute atomic E-state index is 0. The minimum atomic E-state index is 0. The van der Waals surface area contributed by atoms with E-state index in [2.05, 4.69) is 58.9 Å². The van der Waals surface area contributed by atoms with Gasteiger partial charge in [0.25, 0.3) is 0 Å². The molecule has 170 valence electrons. The van der Waals surface area contributed by atoms with Crippen molar-refractivity contribution in [2.24, 2.45) is 4.99 Å². The zero-order chi connectivity index (χ0) is 21.2. The minimum Gasteiger partial charge on any atom is -0.495 e. The molecule has 0 amide bonds. The van der Waals surface area contributed by atoms with Crippen LogP contribution in [-0.4, -0.2) is 45.4 Å². The van der Waals surface area contributed by atoms with E-state index >= 15 is 0 Å². The van der Waals surface area contributed by atoms with Crippen molar-refractivity contribution in [2.45, 2.75) is 39.5 Å². The Hall–Kier alpha value is -2.00. The molecule has 2 N–H and O–H groups in total. The van der Waals surface area contributed by atoms with Gasteiger partial charge in [-0.25, -0.2) is 4.99 Å². The van der Waals surface area contributed by atoms with Crippen LogP contribution < -0.4 is 20.3 Å². The number of nitrogens with one attached hydrogen (secondary N) is 2. The summed E-state index contributed by atoms with van der Waals surface area (Å²) in [5.74, 6) is 1.79. The van der Waals surface area contributed by atoms with Gasteiger partial charge in [0, 0.05) is 32.3 Å². The molecule has 0 saturated carbocycles. The van der Waals surface area contributed by atoms with Crippen molar-refractivity contribution in [3.8, 4) is 5.75 Å². The number of anilines is 1. The second-order valence-corrected chi connectivity index (χ2v) is 7.40. The molecule has 1 aliphatic heterocycles. The molecule has 1 saturated heterocycles. The van der Waals surface area contributed by atoms with Gasteiger partial charge >= 0.3 is 0 Å². The van der Waals surface area contributed by atoms with E-state index in [1.807, 2.05) is 19.1 Å². The van der Waals surface area contributed by atoms with Crippen molar-refractivity contribution in [3.05, 3.63) is 59.7 Å². The third-order valence-electron chi connectivity index (χ3n) is 5.21. The molecule has 6 nitrogen and oxygen atoms in total. The van der Waals surface area contributed by atoms with E-state index in [9.17, 15) is 0 Å². The number of benzene rings is 2. The van der Waals surface area contributed by atoms with E-state index in [4.69, 9.17) is 14.5 Å². The fraction of sp³-hybridized carbons (Fsp3) is 0.458. The number of halogens is 1. The topological polar surface area (TPSA) is 58.1 Å². The lowest BCUT2D eigenvalue weighted by Gasteiger charge is -2.22. The van der Waals surface area contributed by atoms with Gasteiger partial charge in [0.1, 0.15) is 5.75 Å². The van der Waals surface area contributed by atoms with Gasteiger partial charge in [-0.1, -0.05) is 36.4 Å². The number of hydrogen-bond donors (Lipinski definition) is 2. The van der Waals surface area contributed by atoms with E-state index < -0.39 is 0 Å². The van der Waals surface area contributed by atoms with Crippen LogP contribution in [-0.2, 0) is 17.9 Å². The quantitative estimate of drug-likeness (QED) is 0.285. The van der Waals surface area contributed by atoms with Gasteiger partial charge in [0.05, 0.1) is 25.9 Å². The van der Waals surface area contributed by atoms with Crippen LogP contribution in [0.15, 0.2) is 53.5 Å². The third-order valence-corrected chi connectivity index (χ3v) is 5.21. The van der Waals surface area contributed by atoms with Crippen LogP contribution in [0.3, 0.4) is 0 Å². The molecular weight excluding hydrogens is 503 g/mol. The lowest BCUT2D eigenvalue weighted by molar-refractivity contribution is 0.134. The zero-order valence-corrected chi connectivity index (χ0v) is 21.1. The Morgan fingerprint density at radius 1 is 1.10 bits per heavy atom. The second kappa shape index (κ2) is 13.4. The number of guanidine groups is 1. The number of ether oxygens (including phenoxy) is 2. The van der Waals surface area contributed by atoms with Crippen LogP contribution >= 0.6 is 24.0 Å². The maximum absolute atomic E-state index is 5.52. The summed E-state index contributed by atoms with van der Waals surface area (Å²) in [6.07, 6.45) is 1.06. The maximum Gasteiger partial charge on any atom is 0.191 e. The van der Waals surface area contributed by atoms with Crippen LogP contribution in [0.5, 0.6) is 5.75 Å². The Labute approximate surface area is 203 Å². The lowest BCUT2D eigenvalue weighted by Crippen LogP contribution is -2.44. The highest BCUT2D eigenvalue weighted by Gasteiger charge is 2.25. The number of hydrogen-bond acceptors (Lipinski definition) is 4. The van der Waals surface area contributed by atoms with Gasteiger partial charge in [-0.05, 0) is 43.5 Å². The highest BCUT2D eigenvalue weighted by Crippen LogP contribution is 2.30. The Morgan fingerprint density at radius 3 is 2.55 bits per heavy atom. The summed E-state index contributed by atoms with van der Waals surface area (Å²) >= 11 is 0. The van der Waals surface area contributed by atoms with E-state index in [-0.39, 0.29) is 24.0 Å². The Morgan fingerprint density at radius 2 is 1.84 bits per heavy atom. The number of aliphatic imine (C=N–C) groups is 1. The van der Waals surface area contributed by atoms with Crippen molar-refractivity contribution in [2.75, 3.05) is 38.3 Å². The predicted molar refractivity (Wildman–Crippen MR) is 139 cm³/mol. The molecule has 0 aromatic heterocycles. The van der Waals surface area contributed by atoms with Gasteiger partial charge in [-0.15, -0.1) is 24.0 Å². The van der Waals surface area contributed by atoms with Crippen molar-refractivity contribution in [1.82, 2.24) is 10.6 Å². The van der Waals surface area contributed by atoms with Gasteiger partial charge in [0.2, 0.25) is 0 Å². The molecule has 2 aromatic carbocycles. The molecule has 3 rings (SSSR count). The molecule has 1 heterocycles. The highest BCUT2D eigenvalue weighted by atomic mass is 127. The summed E-state index contributed by atoms with van der Waals surface area (Å²) in [4.78, 5) is 7.16. The lowest BCUT2D eigenvalue weighted by atomic mass is 10.1. The number of para-hydroxylation sites is 2. The summed E-state index contributed by atoms with van der Waals surface area (Å²) < 4.78 is 11.0. The third kappa shape index (κ3) is 7.57. The molecule has 1 aliphatic rings. The monoisotopic (exact) mass is 538 g/mol. The number of rotatable bonds is 9. The first-order valence-corrected chi connectivity index (χ1v) is 10.8. The molecule has 1 fully saturated rings. The molecule has 0 aliphatic carbocycles. The first kappa shape index (κ1) is 25.3. The van der Waals surface area contributed by atoms with Gasteiger partial charge in [-0.2, -0.15) is 0 Å². The summed E-state index contributed by atoms with van der Waals surface area (Å²) in [5.41, 5.74) is 3.53. The normalized spacial score (nSPS) is 16.0. The average molecular weight is 538 g/mol. The van der Waals surface area contributed by atoms with Gasteiger partial charge in [0.15, 0.2) is 5.96 Å². The van der Waals surface area contributed by atoms with Crippen LogP contribution in [0.1, 0.15) is 31.4 Å². The van der Waals surface area contributed by atoms with Crippen molar-refractivity contribution in [3.63, 3.8) is 0 Å². The molecule has 1 atom stereocenters. The molecule has 0 bridgehead atoms. The largest absolute Gasteiger partial charge is 0.495 e. The summed E-state index contributed by atoms with van der Waals surface area (Å²) in [5, 5.41) is 6.97. The van der Waals surface area contributed by atoms with Crippen molar-refractivity contribution in [1.29, 1.82) is 0 Å². The van der Waals surface area contributed by atoms with E-state index in [0.717, 1.165) is 50.1 Å². The maximum atomic E-state index is 5.52. The van der Waals surface area contributed by atoms with E-state index in [1.165, 1.54) is 11.1 Å². The molecule has 1 unspecified atom stereocenters. The average Bonchev–Trinajstić information content (AvgIpc) is 3.25. The summed E-state index contributed by atoms with van der Waals surface area (Å²) in [6, 6.07) is 17.0. The van der Waals surface area contributed by atoms with Crippen LogP contribution in [0.2, 0.25) is 0 Å². The van der Waals surface area contributed by atoms with E-state index in [1.54, 1.807) is 7.11 Å². The van der Waals surface area contributed by atoms with Crippen LogP contribution in [0.4, 0.5) is 5.69 Å². The SMILES string of the molecule is CCNC(=NCc1ccc(COCC)cc1)NC1CCN(c2ccccc2OC)C1.I. The Kier molecular flexibility index (Phi) is 10.9. The first-order valence-electron chi connectivity index (χ1n) is 10.8. The molecule has 31 heavy (non-hydrogen) atoms. The van der Waals surface area contributed by atoms with Crippen molar-refractivity contribution >= 4 is 35.6 Å². The van der Waals surface area contributed by atoms with Gasteiger partial charge in [-0.3, -0.25) is 0 Å². The standard InChI is InChI=1S/C24H34N4O2.HI/c1-4-25-24(26-16-19-10-12-20(13-11-19)18-30-5-2)27-21-14-15-28(17-21)22-8-6-7-9-23(22)29-3;/h6-13,21H,4-5,14-18H2,1-3H3,(H2,25,26,27);1H. The predicted octanol–water partition coefficient (Wildman–Crippen LogP) is 4.18. The smallest absolute Gasteiger partial charge is 0.191 e. The summed E-state index contributed by atoms with van der Waals surface area (Å²) in [6.45, 7) is 8.91. The molecule has 2 aromatic rings. The first-order chi connectivity index (χ1) is 14.7. The molecule has 0 spiro atoms. The van der Waals surface area contributed by atoms with Crippen LogP contribution in [0.25, 0.3) is 0 Å². The Bertz CT molecular complexity index is 813.